The fourth-order valence-electron chi connectivity index (χ4n) is 1.95. The molecule has 2 rings (SSSR count). The van der Waals surface area contributed by atoms with Gasteiger partial charge in [0.25, 0.3) is 0 Å². The molecule has 1 N–H and O–H groups in total. The van der Waals surface area contributed by atoms with Gasteiger partial charge in [0.1, 0.15) is 0 Å². The van der Waals surface area contributed by atoms with E-state index in [1.807, 2.05) is 24.9 Å². The molecule has 0 aliphatic rings. The van der Waals surface area contributed by atoms with Gasteiger partial charge in [-0.1, -0.05) is 0 Å². The average molecular weight is 264 g/mol. The van der Waals surface area contributed by atoms with Gasteiger partial charge in [-0.05, 0) is 32.9 Å². The van der Waals surface area contributed by atoms with Crippen molar-refractivity contribution in [2.75, 3.05) is 7.05 Å². The summed E-state index contributed by atoms with van der Waals surface area (Å²) in [6.07, 6.45) is 6.06. The normalized spacial score (nSPS) is 12.8. The number of thiazole rings is 1. The molecule has 0 aliphatic heterocycles. The Balaban J connectivity index is 1.96. The number of aryl methyl sites for hydroxylation is 2. The monoisotopic (exact) mass is 264 g/mol. The molecule has 0 amide bonds. The molecule has 2 aromatic rings. The van der Waals surface area contributed by atoms with E-state index in [-0.39, 0.29) is 0 Å². The maximum atomic E-state index is 4.52. The Labute approximate surface area is 112 Å². The molecule has 0 bridgehead atoms. The molecule has 4 nitrogen and oxygen atoms in total. The molecule has 2 aromatic heterocycles. The van der Waals surface area contributed by atoms with Crippen molar-refractivity contribution in [1.82, 2.24) is 20.1 Å². The van der Waals surface area contributed by atoms with Crippen LogP contribution in [-0.4, -0.2) is 27.9 Å². The van der Waals surface area contributed by atoms with Crippen molar-refractivity contribution in [3.8, 4) is 0 Å². The van der Waals surface area contributed by atoms with Gasteiger partial charge in [0, 0.05) is 36.3 Å². The summed E-state index contributed by atoms with van der Waals surface area (Å²) in [6.45, 7) is 5.07. The molecule has 0 radical (unpaired) electrons. The standard InChI is InChI=1S/C13H20N4S/c1-4-17-8-11(7-15-17)5-12(14-3)6-13-16-10(2)9-18-13/h7-9,12,14H,4-6H2,1-3H3. The zero-order valence-corrected chi connectivity index (χ0v) is 12.0. The van der Waals surface area contributed by atoms with Crippen molar-refractivity contribution in [2.45, 2.75) is 39.3 Å². The first-order valence-corrected chi connectivity index (χ1v) is 7.18. The molecule has 1 atom stereocenters. The third-order valence-corrected chi connectivity index (χ3v) is 3.98. The Morgan fingerprint density at radius 2 is 2.28 bits per heavy atom. The molecule has 18 heavy (non-hydrogen) atoms. The predicted molar refractivity (Wildman–Crippen MR) is 75.0 cm³/mol. The highest BCUT2D eigenvalue weighted by Crippen LogP contribution is 2.13. The Morgan fingerprint density at radius 3 is 2.83 bits per heavy atom. The fourth-order valence-corrected chi connectivity index (χ4v) is 2.81. The Kier molecular flexibility index (Phi) is 4.49. The molecule has 2 heterocycles. The molecule has 0 fully saturated rings. The molecule has 0 saturated carbocycles. The second kappa shape index (κ2) is 6.11. The first-order chi connectivity index (χ1) is 8.71. The van der Waals surface area contributed by atoms with Crippen molar-refractivity contribution in [3.63, 3.8) is 0 Å². The fraction of sp³-hybridized carbons (Fsp3) is 0.538. The number of nitrogens with zero attached hydrogens (tertiary/aromatic N) is 3. The topological polar surface area (TPSA) is 42.7 Å². The van der Waals surface area contributed by atoms with Crippen LogP contribution < -0.4 is 5.32 Å². The lowest BCUT2D eigenvalue weighted by Crippen LogP contribution is -2.29. The summed E-state index contributed by atoms with van der Waals surface area (Å²) in [4.78, 5) is 4.52. The van der Waals surface area contributed by atoms with Crippen molar-refractivity contribution in [3.05, 3.63) is 34.0 Å². The third-order valence-electron chi connectivity index (χ3n) is 2.99. The minimum absolute atomic E-state index is 0.421. The highest BCUT2D eigenvalue weighted by atomic mass is 32.1. The SMILES string of the molecule is CCn1cc(CC(Cc2nc(C)cs2)NC)cn1. The van der Waals surface area contributed by atoms with Crippen LogP contribution in [0.5, 0.6) is 0 Å². The molecule has 98 valence electrons. The van der Waals surface area contributed by atoms with E-state index in [9.17, 15) is 0 Å². The van der Waals surface area contributed by atoms with Gasteiger partial charge in [0.2, 0.25) is 0 Å². The number of likely N-dealkylation sites (N-methyl/N-ethyl adjacent to an activating group) is 1. The van der Waals surface area contributed by atoms with Crippen molar-refractivity contribution in [2.24, 2.45) is 0 Å². The number of aromatic nitrogens is 3. The van der Waals surface area contributed by atoms with E-state index in [0.29, 0.717) is 6.04 Å². The van der Waals surface area contributed by atoms with Crippen LogP contribution in [0.1, 0.15) is 23.2 Å². The minimum Gasteiger partial charge on any atom is -0.316 e. The lowest BCUT2D eigenvalue weighted by atomic mass is 10.1. The molecule has 5 heteroatoms. The van der Waals surface area contributed by atoms with Gasteiger partial charge in [-0.15, -0.1) is 11.3 Å². The molecule has 0 spiro atoms. The minimum atomic E-state index is 0.421. The van der Waals surface area contributed by atoms with Gasteiger partial charge in [-0.25, -0.2) is 4.98 Å². The van der Waals surface area contributed by atoms with Crippen LogP contribution in [0.25, 0.3) is 0 Å². The summed E-state index contributed by atoms with van der Waals surface area (Å²) < 4.78 is 1.97. The quantitative estimate of drug-likeness (QED) is 0.868. The first kappa shape index (κ1) is 13.2. The second-order valence-electron chi connectivity index (χ2n) is 4.48. The predicted octanol–water partition coefficient (Wildman–Crippen LogP) is 2.04. The Hall–Kier alpha value is -1.20. The summed E-state index contributed by atoms with van der Waals surface area (Å²) in [5, 5.41) is 11.0. The van der Waals surface area contributed by atoms with E-state index < -0.39 is 0 Å². The van der Waals surface area contributed by atoms with Crippen molar-refractivity contribution in [1.29, 1.82) is 0 Å². The van der Waals surface area contributed by atoms with Gasteiger partial charge in [0.05, 0.1) is 11.2 Å². The Morgan fingerprint density at radius 1 is 1.44 bits per heavy atom. The summed E-state index contributed by atoms with van der Waals surface area (Å²) in [5.74, 6) is 0. The van der Waals surface area contributed by atoms with Crippen molar-refractivity contribution >= 4 is 11.3 Å². The molecular weight excluding hydrogens is 244 g/mol. The molecule has 1 unspecified atom stereocenters. The van der Waals surface area contributed by atoms with E-state index in [4.69, 9.17) is 0 Å². The smallest absolute Gasteiger partial charge is 0.0943 e. The summed E-state index contributed by atoms with van der Waals surface area (Å²) in [6, 6.07) is 0.421. The highest BCUT2D eigenvalue weighted by Gasteiger charge is 2.11. The first-order valence-electron chi connectivity index (χ1n) is 6.31. The van der Waals surface area contributed by atoms with Crippen LogP contribution in [0.15, 0.2) is 17.8 Å². The highest BCUT2D eigenvalue weighted by molar-refractivity contribution is 7.09. The summed E-state index contributed by atoms with van der Waals surface area (Å²) >= 11 is 1.74. The molecule has 0 aromatic carbocycles. The zero-order valence-electron chi connectivity index (χ0n) is 11.2. The summed E-state index contributed by atoms with van der Waals surface area (Å²) in [7, 11) is 2.01. The maximum Gasteiger partial charge on any atom is 0.0943 e. The second-order valence-corrected chi connectivity index (χ2v) is 5.42. The number of nitrogens with one attached hydrogen (secondary N) is 1. The van der Waals surface area contributed by atoms with Gasteiger partial charge in [-0.3, -0.25) is 4.68 Å². The van der Waals surface area contributed by atoms with Crippen LogP contribution in [0, 0.1) is 6.92 Å². The van der Waals surface area contributed by atoms with Gasteiger partial charge < -0.3 is 5.32 Å². The molecule has 0 aliphatic carbocycles. The Bertz CT molecular complexity index is 489. The lowest BCUT2D eigenvalue weighted by molar-refractivity contribution is 0.554. The van der Waals surface area contributed by atoms with Crippen LogP contribution in [0.4, 0.5) is 0 Å². The van der Waals surface area contributed by atoms with Gasteiger partial charge >= 0.3 is 0 Å². The molecule has 0 saturated heterocycles. The molecular formula is C13H20N4S. The number of hydrogen-bond acceptors (Lipinski definition) is 4. The lowest BCUT2D eigenvalue weighted by Gasteiger charge is -2.13. The van der Waals surface area contributed by atoms with Gasteiger partial charge in [-0.2, -0.15) is 5.10 Å². The van der Waals surface area contributed by atoms with E-state index in [0.717, 1.165) is 25.1 Å². The van der Waals surface area contributed by atoms with Crippen LogP contribution in [-0.2, 0) is 19.4 Å². The van der Waals surface area contributed by atoms with Crippen LogP contribution >= 0.6 is 11.3 Å². The largest absolute Gasteiger partial charge is 0.316 e. The van der Waals surface area contributed by atoms with Crippen LogP contribution in [0.2, 0.25) is 0 Å². The summed E-state index contributed by atoms with van der Waals surface area (Å²) in [5.41, 5.74) is 2.40. The van der Waals surface area contributed by atoms with E-state index in [1.165, 1.54) is 10.6 Å². The van der Waals surface area contributed by atoms with E-state index in [1.54, 1.807) is 11.3 Å². The maximum absolute atomic E-state index is 4.52. The van der Waals surface area contributed by atoms with E-state index in [2.05, 4.69) is 33.9 Å². The van der Waals surface area contributed by atoms with Gasteiger partial charge in [0.15, 0.2) is 0 Å². The number of rotatable bonds is 6. The van der Waals surface area contributed by atoms with Crippen LogP contribution in [0.3, 0.4) is 0 Å². The average Bonchev–Trinajstić information content (AvgIpc) is 2.97. The zero-order chi connectivity index (χ0) is 13.0. The van der Waals surface area contributed by atoms with E-state index >= 15 is 0 Å². The number of hydrogen-bond donors (Lipinski definition) is 1. The van der Waals surface area contributed by atoms with Crippen molar-refractivity contribution < 1.29 is 0 Å². The third kappa shape index (κ3) is 3.40.